The lowest BCUT2D eigenvalue weighted by molar-refractivity contribution is -0.125. The van der Waals surface area contributed by atoms with Gasteiger partial charge in [0, 0.05) is 18.6 Å². The van der Waals surface area contributed by atoms with Crippen LogP contribution in [-0.2, 0) is 19.6 Å². The summed E-state index contributed by atoms with van der Waals surface area (Å²) in [5.41, 5.74) is 0.112. The van der Waals surface area contributed by atoms with Gasteiger partial charge in [-0.3, -0.25) is 4.79 Å². The third-order valence-corrected chi connectivity index (χ3v) is 7.11. The van der Waals surface area contributed by atoms with E-state index in [0.717, 1.165) is 32.1 Å². The van der Waals surface area contributed by atoms with Crippen LogP contribution in [0, 0.1) is 0 Å². The molecule has 1 aromatic carbocycles. The Morgan fingerprint density at radius 3 is 2.61 bits per heavy atom. The van der Waals surface area contributed by atoms with Crippen LogP contribution in [-0.4, -0.2) is 49.8 Å². The van der Waals surface area contributed by atoms with Crippen molar-refractivity contribution < 1.29 is 22.7 Å². The van der Waals surface area contributed by atoms with E-state index in [4.69, 9.17) is 4.74 Å². The number of hydrogen-bond donors (Lipinski definition) is 1. The average molecular weight is 411 g/mol. The van der Waals surface area contributed by atoms with Gasteiger partial charge in [-0.05, 0) is 50.8 Å². The maximum Gasteiger partial charge on any atom is 0.338 e. The third-order valence-electron chi connectivity index (χ3n) is 5.10. The standard InChI is InChI=1S/C20H30N2O5S/c1-4-17(5-2)21-19(23)14-27-20(24)16-10-8-11-18(13-16)28(25,26)22-12-7-6-9-15(22)3/h8,10-11,13,15,17H,4-7,9,12,14H2,1-3H3,(H,21,23)/t15-/m0/s1. The molecule has 0 aromatic heterocycles. The number of rotatable bonds is 8. The summed E-state index contributed by atoms with van der Waals surface area (Å²) in [7, 11) is -3.67. The monoisotopic (exact) mass is 410 g/mol. The van der Waals surface area contributed by atoms with Gasteiger partial charge in [-0.1, -0.05) is 26.3 Å². The summed E-state index contributed by atoms with van der Waals surface area (Å²) in [6, 6.07) is 5.78. The molecule has 1 fully saturated rings. The number of sulfonamides is 1. The first-order valence-electron chi connectivity index (χ1n) is 9.88. The molecule has 0 spiro atoms. The minimum atomic E-state index is -3.67. The molecule has 0 bridgehead atoms. The first-order valence-corrected chi connectivity index (χ1v) is 11.3. The van der Waals surface area contributed by atoms with Gasteiger partial charge in [-0.25, -0.2) is 13.2 Å². The van der Waals surface area contributed by atoms with Crippen molar-refractivity contribution in [3.8, 4) is 0 Å². The molecule has 7 nitrogen and oxygen atoms in total. The van der Waals surface area contributed by atoms with Crippen LogP contribution in [0.2, 0.25) is 0 Å². The normalized spacial score (nSPS) is 18.1. The van der Waals surface area contributed by atoms with E-state index in [2.05, 4.69) is 5.32 Å². The van der Waals surface area contributed by atoms with Gasteiger partial charge in [0.1, 0.15) is 0 Å². The maximum atomic E-state index is 12.9. The molecule has 0 aliphatic carbocycles. The summed E-state index contributed by atoms with van der Waals surface area (Å²) in [5, 5.41) is 2.79. The molecule has 2 rings (SSSR count). The Bertz CT molecular complexity index is 790. The Morgan fingerprint density at radius 1 is 1.25 bits per heavy atom. The number of carbonyl (C=O) groups excluding carboxylic acids is 2. The summed E-state index contributed by atoms with van der Waals surface area (Å²) in [4.78, 5) is 24.2. The number of piperidine rings is 1. The maximum absolute atomic E-state index is 12.9. The van der Waals surface area contributed by atoms with E-state index < -0.39 is 22.6 Å². The molecule has 0 radical (unpaired) electrons. The van der Waals surface area contributed by atoms with Crippen LogP contribution in [0.1, 0.15) is 63.2 Å². The van der Waals surface area contributed by atoms with Crippen LogP contribution < -0.4 is 5.32 Å². The molecule has 28 heavy (non-hydrogen) atoms. The van der Waals surface area contributed by atoms with E-state index >= 15 is 0 Å². The van der Waals surface area contributed by atoms with Crippen LogP contribution in [0.5, 0.6) is 0 Å². The van der Waals surface area contributed by atoms with Gasteiger partial charge >= 0.3 is 5.97 Å². The lowest BCUT2D eigenvalue weighted by atomic mass is 10.1. The molecule has 1 atom stereocenters. The Hall–Kier alpha value is -1.93. The van der Waals surface area contributed by atoms with Gasteiger partial charge < -0.3 is 10.1 Å². The predicted octanol–water partition coefficient (Wildman–Crippen LogP) is 2.71. The van der Waals surface area contributed by atoms with E-state index in [1.165, 1.54) is 28.6 Å². The SMILES string of the molecule is CCC(CC)NC(=O)COC(=O)c1cccc(S(=O)(=O)N2CCCC[C@@H]2C)c1. The van der Waals surface area contributed by atoms with Crippen LogP contribution >= 0.6 is 0 Å². The Morgan fingerprint density at radius 2 is 1.96 bits per heavy atom. The molecule has 1 aliphatic rings. The molecule has 156 valence electrons. The first-order chi connectivity index (χ1) is 13.3. The zero-order valence-corrected chi connectivity index (χ0v) is 17.6. The molecule has 1 saturated heterocycles. The number of ether oxygens (including phenoxy) is 1. The highest BCUT2D eigenvalue weighted by atomic mass is 32.2. The summed E-state index contributed by atoms with van der Waals surface area (Å²) in [6.07, 6.45) is 4.26. The number of carbonyl (C=O) groups is 2. The smallest absolute Gasteiger partial charge is 0.338 e. The number of benzene rings is 1. The highest BCUT2D eigenvalue weighted by molar-refractivity contribution is 7.89. The van der Waals surface area contributed by atoms with Gasteiger partial charge in [0.15, 0.2) is 6.61 Å². The highest BCUT2D eigenvalue weighted by Crippen LogP contribution is 2.25. The van der Waals surface area contributed by atoms with Crippen molar-refractivity contribution in [1.82, 2.24) is 9.62 Å². The lowest BCUT2D eigenvalue weighted by Gasteiger charge is -2.32. The largest absolute Gasteiger partial charge is 0.452 e. The van der Waals surface area contributed by atoms with Gasteiger partial charge in [0.05, 0.1) is 10.5 Å². The van der Waals surface area contributed by atoms with Crippen LogP contribution in [0.15, 0.2) is 29.2 Å². The number of nitrogens with zero attached hydrogens (tertiary/aromatic N) is 1. The Balaban J connectivity index is 2.05. The topological polar surface area (TPSA) is 92.8 Å². The van der Waals surface area contributed by atoms with E-state index in [0.29, 0.717) is 6.54 Å². The quantitative estimate of drug-likeness (QED) is 0.665. The summed E-state index contributed by atoms with van der Waals surface area (Å²) < 4.78 is 32.4. The van der Waals surface area contributed by atoms with Crippen molar-refractivity contribution in [2.75, 3.05) is 13.2 Å². The van der Waals surface area contributed by atoms with Crippen molar-refractivity contribution in [2.24, 2.45) is 0 Å². The molecule has 1 amide bonds. The van der Waals surface area contributed by atoms with Gasteiger partial charge in [0.25, 0.3) is 5.91 Å². The Kier molecular flexibility index (Phi) is 8.00. The van der Waals surface area contributed by atoms with Crippen molar-refractivity contribution in [3.63, 3.8) is 0 Å². The molecular weight excluding hydrogens is 380 g/mol. The fraction of sp³-hybridized carbons (Fsp3) is 0.600. The average Bonchev–Trinajstić information content (AvgIpc) is 2.70. The zero-order chi connectivity index (χ0) is 20.7. The number of hydrogen-bond acceptors (Lipinski definition) is 5. The molecule has 0 saturated carbocycles. The van der Waals surface area contributed by atoms with Gasteiger partial charge in [0.2, 0.25) is 10.0 Å². The number of esters is 1. The second-order valence-corrected chi connectivity index (χ2v) is 9.04. The van der Waals surface area contributed by atoms with E-state index in [9.17, 15) is 18.0 Å². The van der Waals surface area contributed by atoms with Crippen LogP contribution in [0.25, 0.3) is 0 Å². The first kappa shape index (κ1) is 22.4. The molecule has 0 unspecified atom stereocenters. The molecular formula is C20H30N2O5S. The van der Waals surface area contributed by atoms with Crippen molar-refractivity contribution in [3.05, 3.63) is 29.8 Å². The fourth-order valence-corrected chi connectivity index (χ4v) is 5.07. The van der Waals surface area contributed by atoms with Crippen molar-refractivity contribution >= 4 is 21.9 Å². The van der Waals surface area contributed by atoms with E-state index in [1.807, 2.05) is 20.8 Å². The molecule has 1 heterocycles. The lowest BCUT2D eigenvalue weighted by Crippen LogP contribution is -2.41. The molecule has 1 aliphatic heterocycles. The fourth-order valence-electron chi connectivity index (χ4n) is 3.32. The predicted molar refractivity (Wildman–Crippen MR) is 106 cm³/mol. The number of nitrogens with one attached hydrogen (secondary N) is 1. The molecule has 8 heteroatoms. The molecule has 1 aromatic rings. The Labute approximate surface area is 167 Å². The van der Waals surface area contributed by atoms with Gasteiger partial charge in [-0.2, -0.15) is 4.31 Å². The minimum absolute atomic E-state index is 0.0474. The molecule has 1 N–H and O–H groups in total. The van der Waals surface area contributed by atoms with Crippen molar-refractivity contribution in [1.29, 1.82) is 0 Å². The van der Waals surface area contributed by atoms with Crippen molar-refractivity contribution in [2.45, 2.75) is 69.9 Å². The van der Waals surface area contributed by atoms with Crippen LogP contribution in [0.3, 0.4) is 0 Å². The highest BCUT2D eigenvalue weighted by Gasteiger charge is 2.31. The van der Waals surface area contributed by atoms with E-state index in [1.54, 1.807) is 0 Å². The second kappa shape index (κ2) is 10.0. The second-order valence-electron chi connectivity index (χ2n) is 7.15. The summed E-state index contributed by atoms with van der Waals surface area (Å²) >= 11 is 0. The summed E-state index contributed by atoms with van der Waals surface area (Å²) in [5.74, 6) is -1.09. The van der Waals surface area contributed by atoms with Gasteiger partial charge in [-0.15, -0.1) is 0 Å². The summed E-state index contributed by atoms with van der Waals surface area (Å²) in [6.45, 7) is 5.92. The van der Waals surface area contributed by atoms with E-state index in [-0.39, 0.29) is 28.4 Å². The zero-order valence-electron chi connectivity index (χ0n) is 16.8. The van der Waals surface area contributed by atoms with Crippen LogP contribution in [0.4, 0.5) is 0 Å². The number of amides is 1. The minimum Gasteiger partial charge on any atom is -0.452 e. The third kappa shape index (κ3) is 5.54.